The molecule has 19 heavy (non-hydrogen) atoms. The van der Waals surface area contributed by atoms with E-state index in [2.05, 4.69) is 0 Å². The van der Waals surface area contributed by atoms with Gasteiger partial charge in [0.25, 0.3) is 10.1 Å². The number of phenolic OH excluding ortho intramolecular Hbond substituents is 1. The molecule has 0 radical (unpaired) electrons. The van der Waals surface area contributed by atoms with E-state index in [1.54, 1.807) is 0 Å². The van der Waals surface area contributed by atoms with E-state index in [-0.39, 0.29) is 27.8 Å². The van der Waals surface area contributed by atoms with E-state index < -0.39 is 20.8 Å². The number of benzene rings is 2. The average Bonchev–Trinajstić information content (AvgIpc) is 2.27. The summed E-state index contributed by atoms with van der Waals surface area (Å²) in [5, 5.41) is 9.89. The predicted molar refractivity (Wildman–Crippen MR) is 69.8 cm³/mol. The lowest BCUT2D eigenvalue weighted by molar-refractivity contribution is 0.101. The lowest BCUT2D eigenvalue weighted by Crippen LogP contribution is -2.06. The summed E-state index contributed by atoms with van der Waals surface area (Å²) in [4.78, 5) is 11.1. The largest absolute Gasteiger partial charge is 0.507 e. The maximum Gasteiger partial charge on any atom is 0.295 e. The lowest BCUT2D eigenvalue weighted by atomic mass is 9.99. The van der Waals surface area contributed by atoms with Crippen LogP contribution >= 0.6 is 0 Å². The molecule has 0 aliphatic rings. The average molecular weight is 281 g/mol. The molecular weight excluding hydrogens is 270 g/mol. The standard InChI is InChI=1S/C12H11NO5S/c1-6(14)11-8(13)5-10(19(16,17)18)7-3-2-4-9(15)12(7)11/h2-5,15H,13H2,1H3,(H,16,17,18). The van der Waals surface area contributed by atoms with Gasteiger partial charge in [-0.15, -0.1) is 0 Å². The Morgan fingerprint density at radius 2 is 1.95 bits per heavy atom. The van der Waals surface area contributed by atoms with Gasteiger partial charge in [-0.2, -0.15) is 8.42 Å². The number of Topliss-reactive ketones (excluding diaryl/α,β-unsaturated/α-hetero) is 1. The molecule has 0 unspecified atom stereocenters. The zero-order valence-electron chi connectivity index (χ0n) is 9.91. The van der Waals surface area contributed by atoms with Gasteiger partial charge in [-0.05, 0) is 19.1 Å². The first-order chi connectivity index (χ1) is 8.73. The number of aromatic hydroxyl groups is 1. The van der Waals surface area contributed by atoms with Crippen LogP contribution in [0, 0.1) is 0 Å². The van der Waals surface area contributed by atoms with Crippen molar-refractivity contribution in [3.8, 4) is 5.75 Å². The summed E-state index contributed by atoms with van der Waals surface area (Å²) in [7, 11) is -4.51. The molecule has 4 N–H and O–H groups in total. The summed E-state index contributed by atoms with van der Waals surface area (Å²) in [6, 6.07) is 5.10. The third-order valence-electron chi connectivity index (χ3n) is 2.76. The first kappa shape index (κ1) is 13.3. The molecule has 0 spiro atoms. The van der Waals surface area contributed by atoms with Crippen LogP contribution in [0.4, 0.5) is 5.69 Å². The van der Waals surface area contributed by atoms with Crippen molar-refractivity contribution in [1.29, 1.82) is 0 Å². The number of carbonyl (C=O) groups is 1. The number of phenols is 1. The number of nitrogens with two attached hydrogens (primary N) is 1. The predicted octanol–water partition coefficient (Wildman–Crippen LogP) is 1.58. The molecule has 0 saturated carbocycles. The van der Waals surface area contributed by atoms with E-state index in [1.165, 1.54) is 25.1 Å². The van der Waals surface area contributed by atoms with Gasteiger partial charge in [0, 0.05) is 16.5 Å². The fraction of sp³-hybridized carbons (Fsp3) is 0.0833. The van der Waals surface area contributed by atoms with E-state index in [4.69, 9.17) is 5.73 Å². The maximum absolute atomic E-state index is 11.6. The smallest absolute Gasteiger partial charge is 0.295 e. The molecule has 0 amide bonds. The second-order valence-electron chi connectivity index (χ2n) is 4.07. The highest BCUT2D eigenvalue weighted by molar-refractivity contribution is 7.86. The second kappa shape index (κ2) is 4.22. The molecule has 0 atom stereocenters. The Balaban J connectivity index is 3.12. The van der Waals surface area contributed by atoms with Gasteiger partial charge >= 0.3 is 0 Å². The maximum atomic E-state index is 11.6. The molecule has 0 saturated heterocycles. The number of carbonyl (C=O) groups excluding carboxylic acids is 1. The highest BCUT2D eigenvalue weighted by Crippen LogP contribution is 2.36. The van der Waals surface area contributed by atoms with E-state index in [1.807, 2.05) is 0 Å². The minimum atomic E-state index is -4.51. The van der Waals surface area contributed by atoms with E-state index in [9.17, 15) is 22.9 Å². The third-order valence-corrected chi connectivity index (χ3v) is 3.66. The first-order valence-electron chi connectivity index (χ1n) is 5.26. The van der Waals surface area contributed by atoms with Crippen LogP contribution < -0.4 is 5.73 Å². The van der Waals surface area contributed by atoms with Gasteiger partial charge < -0.3 is 10.8 Å². The van der Waals surface area contributed by atoms with Crippen molar-refractivity contribution in [2.45, 2.75) is 11.8 Å². The number of ketones is 1. The van der Waals surface area contributed by atoms with Gasteiger partial charge in [0.15, 0.2) is 5.78 Å². The fourth-order valence-electron chi connectivity index (χ4n) is 2.04. The van der Waals surface area contributed by atoms with Gasteiger partial charge in [-0.3, -0.25) is 9.35 Å². The molecule has 100 valence electrons. The summed E-state index contributed by atoms with van der Waals surface area (Å²) in [6.07, 6.45) is 0. The van der Waals surface area contributed by atoms with Crippen molar-refractivity contribution < 1.29 is 22.9 Å². The van der Waals surface area contributed by atoms with E-state index in [0.717, 1.165) is 6.07 Å². The Hall–Kier alpha value is -2.12. The minimum absolute atomic E-state index is 0.0163. The fourth-order valence-corrected chi connectivity index (χ4v) is 2.76. The van der Waals surface area contributed by atoms with Gasteiger partial charge in [-0.25, -0.2) is 0 Å². The van der Waals surface area contributed by atoms with Gasteiger partial charge in [0.05, 0.1) is 5.56 Å². The molecule has 0 heterocycles. The lowest BCUT2D eigenvalue weighted by Gasteiger charge is -2.12. The number of rotatable bonds is 2. The Kier molecular flexibility index (Phi) is 2.95. The van der Waals surface area contributed by atoms with Crippen molar-refractivity contribution in [3.63, 3.8) is 0 Å². The number of fused-ring (bicyclic) bond motifs is 1. The summed E-state index contributed by atoms with van der Waals surface area (Å²) in [5.74, 6) is -0.689. The zero-order chi connectivity index (χ0) is 14.4. The van der Waals surface area contributed by atoms with Gasteiger partial charge in [0.2, 0.25) is 0 Å². The molecular formula is C12H11NO5S. The molecule has 6 nitrogen and oxygen atoms in total. The van der Waals surface area contributed by atoms with Crippen molar-refractivity contribution in [2.75, 3.05) is 5.73 Å². The van der Waals surface area contributed by atoms with Crippen LogP contribution in [-0.4, -0.2) is 23.9 Å². The number of hydrogen-bond acceptors (Lipinski definition) is 5. The van der Waals surface area contributed by atoms with Crippen molar-refractivity contribution >= 4 is 32.4 Å². The normalized spacial score (nSPS) is 11.7. The van der Waals surface area contributed by atoms with Crippen molar-refractivity contribution in [2.24, 2.45) is 0 Å². The van der Waals surface area contributed by atoms with Crippen LogP contribution in [0.2, 0.25) is 0 Å². The molecule has 0 fully saturated rings. The van der Waals surface area contributed by atoms with Crippen LogP contribution in [0.25, 0.3) is 10.8 Å². The van der Waals surface area contributed by atoms with Crippen LogP contribution in [0.5, 0.6) is 5.75 Å². The Morgan fingerprint density at radius 3 is 2.47 bits per heavy atom. The number of hydrogen-bond donors (Lipinski definition) is 3. The van der Waals surface area contributed by atoms with Crippen molar-refractivity contribution in [3.05, 3.63) is 29.8 Å². The Labute approximate surface area is 109 Å². The molecule has 7 heteroatoms. The summed E-state index contributed by atoms with van der Waals surface area (Å²) < 4.78 is 31.8. The number of nitrogen functional groups attached to an aromatic ring is 1. The minimum Gasteiger partial charge on any atom is -0.507 e. The molecule has 0 aliphatic heterocycles. The molecule has 0 aromatic heterocycles. The van der Waals surface area contributed by atoms with E-state index in [0.29, 0.717) is 0 Å². The molecule has 2 aromatic rings. The van der Waals surface area contributed by atoms with E-state index >= 15 is 0 Å². The first-order valence-corrected chi connectivity index (χ1v) is 6.70. The second-order valence-corrected chi connectivity index (χ2v) is 5.46. The van der Waals surface area contributed by atoms with Gasteiger partial charge in [-0.1, -0.05) is 12.1 Å². The summed E-state index contributed by atoms with van der Waals surface area (Å²) >= 11 is 0. The van der Waals surface area contributed by atoms with Gasteiger partial charge in [0.1, 0.15) is 10.6 Å². The molecule has 0 aliphatic carbocycles. The molecule has 2 rings (SSSR count). The SMILES string of the molecule is CC(=O)c1c(N)cc(S(=O)(=O)O)c2cccc(O)c12. The topological polar surface area (TPSA) is 118 Å². The van der Waals surface area contributed by atoms with Crippen LogP contribution in [0.1, 0.15) is 17.3 Å². The van der Waals surface area contributed by atoms with Crippen LogP contribution in [0.3, 0.4) is 0 Å². The van der Waals surface area contributed by atoms with Crippen molar-refractivity contribution in [1.82, 2.24) is 0 Å². The summed E-state index contributed by atoms with van der Waals surface area (Å²) in [5.41, 5.74) is 5.56. The summed E-state index contributed by atoms with van der Waals surface area (Å²) in [6.45, 7) is 1.25. The Bertz CT molecular complexity index is 795. The Morgan fingerprint density at radius 1 is 1.32 bits per heavy atom. The highest BCUT2D eigenvalue weighted by Gasteiger charge is 2.22. The quantitative estimate of drug-likeness (QED) is 0.437. The zero-order valence-corrected chi connectivity index (χ0v) is 10.7. The van der Waals surface area contributed by atoms with Crippen LogP contribution in [-0.2, 0) is 10.1 Å². The monoisotopic (exact) mass is 281 g/mol. The third kappa shape index (κ3) is 2.13. The highest BCUT2D eigenvalue weighted by atomic mass is 32.2. The number of anilines is 1. The molecule has 0 bridgehead atoms. The van der Waals surface area contributed by atoms with Crippen LogP contribution in [0.15, 0.2) is 29.2 Å². The molecule has 2 aromatic carbocycles.